The average molecular weight is 586 g/mol. The summed E-state index contributed by atoms with van der Waals surface area (Å²) in [4.78, 5) is 37.3. The molecule has 0 aliphatic carbocycles. The van der Waals surface area contributed by atoms with Gasteiger partial charge in [-0.3, -0.25) is 28.3 Å². The molecule has 4 rings (SSSR count). The van der Waals surface area contributed by atoms with Crippen LogP contribution in [0.5, 0.6) is 5.75 Å². The van der Waals surface area contributed by atoms with Gasteiger partial charge in [0.25, 0.3) is 0 Å². The number of para-hydroxylation sites is 1. The van der Waals surface area contributed by atoms with Gasteiger partial charge in [-0.1, -0.05) is 32.0 Å². The third kappa shape index (κ3) is 6.96. The number of alkyl halides is 1. The van der Waals surface area contributed by atoms with Crippen molar-refractivity contribution in [1.29, 1.82) is 0 Å². The molecule has 0 saturated carbocycles. The van der Waals surface area contributed by atoms with Crippen LogP contribution < -0.4 is 4.52 Å². The Hall–Kier alpha value is -2.67. The van der Waals surface area contributed by atoms with Gasteiger partial charge in [0.15, 0.2) is 30.1 Å². The molecule has 3 aliphatic heterocycles. The van der Waals surface area contributed by atoms with Crippen molar-refractivity contribution in [3.8, 4) is 5.75 Å². The number of ketones is 1. The number of carbonyl (C=O) groups excluding carboxylic acids is 3. The van der Waals surface area contributed by atoms with E-state index in [1.54, 1.807) is 37.3 Å². The zero-order valence-electron chi connectivity index (χ0n) is 22.4. The van der Waals surface area contributed by atoms with E-state index in [1.807, 2.05) is 0 Å². The van der Waals surface area contributed by atoms with Gasteiger partial charge in [-0.05, 0) is 31.6 Å². The lowest BCUT2D eigenvalue weighted by atomic mass is 9.97. The fraction of sp³-hybridized carbons (Fsp3) is 0.577. The summed E-state index contributed by atoms with van der Waals surface area (Å²) in [5.74, 6) is -1.67. The highest BCUT2D eigenvalue weighted by Crippen LogP contribution is 2.52. The highest BCUT2D eigenvalue weighted by molar-refractivity contribution is 7.49. The van der Waals surface area contributed by atoms with E-state index in [0.717, 1.165) is 24.1 Å². The minimum Gasteiger partial charge on any atom is -0.456 e. The van der Waals surface area contributed by atoms with E-state index in [4.69, 9.17) is 32.5 Å². The number of esters is 1. The number of halogens is 1. The first kappa shape index (κ1) is 30.3. The fourth-order valence-electron chi connectivity index (χ4n) is 4.44. The smallest absolute Gasteiger partial charge is 0.456 e. The van der Waals surface area contributed by atoms with Crippen molar-refractivity contribution in [3.05, 3.63) is 42.6 Å². The Kier molecular flexibility index (Phi) is 9.76. The summed E-state index contributed by atoms with van der Waals surface area (Å²) >= 11 is 0. The van der Waals surface area contributed by atoms with Gasteiger partial charge in [0.2, 0.25) is 5.91 Å². The van der Waals surface area contributed by atoms with Crippen LogP contribution in [0.15, 0.2) is 42.6 Å². The molecular formula is C26H33FNO11P. The molecule has 0 bridgehead atoms. The number of carbonyl (C=O) groups is 3. The molecule has 40 heavy (non-hydrogen) atoms. The number of nitrogens with zero attached hydrogens (tertiary/aromatic N) is 1. The van der Waals surface area contributed by atoms with Crippen LogP contribution in [0.2, 0.25) is 0 Å². The normalized spacial score (nSPS) is 29.4. The molecule has 1 amide bonds. The van der Waals surface area contributed by atoms with Crippen LogP contribution in [0.3, 0.4) is 0 Å². The number of benzene rings is 1. The lowest BCUT2D eigenvalue weighted by Crippen LogP contribution is -2.52. The van der Waals surface area contributed by atoms with Crippen LogP contribution in [-0.2, 0) is 46.9 Å². The van der Waals surface area contributed by atoms with Gasteiger partial charge in [0.1, 0.15) is 18.0 Å². The topological polar surface area (TPSA) is 136 Å². The highest BCUT2D eigenvalue weighted by atomic mass is 31.2. The molecule has 3 heterocycles. The van der Waals surface area contributed by atoms with Crippen molar-refractivity contribution in [1.82, 2.24) is 4.90 Å². The maximum absolute atomic E-state index is 16.2. The first-order valence-corrected chi connectivity index (χ1v) is 14.5. The van der Waals surface area contributed by atoms with E-state index >= 15 is 4.39 Å². The number of allylic oxidation sites excluding steroid dienone is 1. The van der Waals surface area contributed by atoms with Gasteiger partial charge in [-0.25, -0.2) is 8.96 Å². The third-order valence-corrected chi connectivity index (χ3v) is 7.92. The van der Waals surface area contributed by atoms with Crippen LogP contribution in [0.1, 0.15) is 40.0 Å². The predicted molar refractivity (Wildman–Crippen MR) is 135 cm³/mol. The number of phosphoric ester groups is 1. The molecule has 14 heteroatoms. The Balaban J connectivity index is 1.58. The molecule has 0 spiro atoms. The molecule has 220 valence electrons. The van der Waals surface area contributed by atoms with Crippen LogP contribution in [0, 0.1) is 0 Å². The Morgan fingerprint density at radius 3 is 2.52 bits per heavy atom. The minimum atomic E-state index is -4.44. The van der Waals surface area contributed by atoms with Crippen LogP contribution in [-0.4, -0.2) is 78.9 Å². The summed E-state index contributed by atoms with van der Waals surface area (Å²) in [6.07, 6.45) is -4.02. The predicted octanol–water partition coefficient (Wildman–Crippen LogP) is 3.45. The van der Waals surface area contributed by atoms with E-state index in [-0.39, 0.29) is 12.2 Å². The first-order chi connectivity index (χ1) is 19.1. The molecule has 1 aromatic carbocycles. The number of phosphoric acid groups is 1. The molecule has 1 aromatic rings. The Bertz CT molecular complexity index is 1140. The van der Waals surface area contributed by atoms with Crippen molar-refractivity contribution in [2.75, 3.05) is 19.8 Å². The monoisotopic (exact) mass is 585 g/mol. The van der Waals surface area contributed by atoms with Gasteiger partial charge >= 0.3 is 13.8 Å². The molecule has 3 aliphatic rings. The quantitative estimate of drug-likeness (QED) is 0.203. The summed E-state index contributed by atoms with van der Waals surface area (Å²) in [7, 11) is -4.44. The molecule has 0 radical (unpaired) electrons. The van der Waals surface area contributed by atoms with E-state index in [9.17, 15) is 18.9 Å². The Morgan fingerprint density at radius 2 is 1.90 bits per heavy atom. The van der Waals surface area contributed by atoms with Gasteiger partial charge in [-0.2, -0.15) is 0 Å². The number of amides is 1. The van der Waals surface area contributed by atoms with E-state index in [0.29, 0.717) is 19.6 Å². The summed E-state index contributed by atoms with van der Waals surface area (Å²) in [6.45, 7) is 4.49. The second kappa shape index (κ2) is 12.9. The molecule has 2 fully saturated rings. The highest BCUT2D eigenvalue weighted by Gasteiger charge is 2.60. The molecular weight excluding hydrogens is 552 g/mol. The van der Waals surface area contributed by atoms with Gasteiger partial charge in [0.05, 0.1) is 26.2 Å². The first-order valence-electron chi connectivity index (χ1n) is 13.0. The number of ether oxygens (including phenoxy) is 4. The summed E-state index contributed by atoms with van der Waals surface area (Å²) in [6, 6.07) is 8.15. The fourth-order valence-corrected chi connectivity index (χ4v) is 5.88. The van der Waals surface area contributed by atoms with Crippen LogP contribution >= 0.6 is 7.82 Å². The van der Waals surface area contributed by atoms with Crippen molar-refractivity contribution in [3.63, 3.8) is 0 Å². The Morgan fingerprint density at radius 1 is 1.20 bits per heavy atom. The van der Waals surface area contributed by atoms with Crippen molar-refractivity contribution >= 4 is 25.5 Å². The lowest BCUT2D eigenvalue weighted by Gasteiger charge is -2.33. The Labute approximate surface area is 231 Å². The molecule has 2 saturated heterocycles. The zero-order valence-corrected chi connectivity index (χ0v) is 23.3. The number of hydrogen-bond acceptors (Lipinski definition) is 11. The van der Waals surface area contributed by atoms with Crippen molar-refractivity contribution in [2.24, 2.45) is 0 Å². The zero-order chi connectivity index (χ0) is 28.9. The number of rotatable bonds is 12. The largest absolute Gasteiger partial charge is 0.530 e. The van der Waals surface area contributed by atoms with E-state index in [1.165, 1.54) is 6.92 Å². The van der Waals surface area contributed by atoms with Crippen molar-refractivity contribution < 1.29 is 55.9 Å². The second-order valence-corrected chi connectivity index (χ2v) is 11.1. The number of hydrogen-bond donors (Lipinski definition) is 0. The lowest BCUT2D eigenvalue weighted by molar-refractivity contribution is -0.158. The molecule has 12 nitrogen and oxygen atoms in total. The third-order valence-electron chi connectivity index (χ3n) is 6.49. The van der Waals surface area contributed by atoms with Crippen LogP contribution in [0.25, 0.3) is 0 Å². The molecule has 1 unspecified atom stereocenters. The second-order valence-electron chi connectivity index (χ2n) is 9.51. The van der Waals surface area contributed by atoms with Gasteiger partial charge < -0.3 is 23.5 Å². The van der Waals surface area contributed by atoms with Gasteiger partial charge in [0, 0.05) is 12.6 Å². The molecule has 0 N–H and O–H groups in total. The van der Waals surface area contributed by atoms with Crippen molar-refractivity contribution in [2.45, 2.75) is 76.5 Å². The molecule has 6 atom stereocenters. The summed E-state index contributed by atoms with van der Waals surface area (Å²) in [5, 5.41) is 0. The summed E-state index contributed by atoms with van der Waals surface area (Å²) < 4.78 is 69.5. The molecule has 0 aromatic heterocycles. The minimum absolute atomic E-state index is 0.0554. The summed E-state index contributed by atoms with van der Waals surface area (Å²) in [5.41, 5.74) is -2.43. The van der Waals surface area contributed by atoms with E-state index < -0.39 is 75.0 Å². The maximum Gasteiger partial charge on any atom is 0.530 e. The standard InChI is InChI=1S/C26H33FNO11P/c1-4-19(24-33-13-14-34-24)39-40(32,38-18-9-7-6-8-10-18)35-16-20-23(37-22(31)5-2)26(3,27)25(36-20)28-12-11-17(29)15-21(28)30/h6-12,19-20,23-25H,4-5,13-16H2,1-3H3/t19-,20+,23+,25+,26+,40?/m0/s1. The average Bonchev–Trinajstić information content (AvgIpc) is 3.54. The van der Waals surface area contributed by atoms with Crippen LogP contribution in [0.4, 0.5) is 4.39 Å². The maximum atomic E-state index is 16.2. The van der Waals surface area contributed by atoms with Gasteiger partial charge in [-0.15, -0.1) is 0 Å². The van der Waals surface area contributed by atoms with E-state index in [2.05, 4.69) is 0 Å². The SMILES string of the molecule is CCC(=O)O[C@@H]1[C@@H](COP(=O)(Oc2ccccc2)O[C@@H](CC)C2OCCO2)O[C@@H](N2C=CC(=O)CC2=O)[C@]1(C)F.